The zero-order valence-corrected chi connectivity index (χ0v) is 17.4. The van der Waals surface area contributed by atoms with Crippen LogP contribution in [0.1, 0.15) is 48.2 Å². The van der Waals surface area contributed by atoms with Gasteiger partial charge in [-0.05, 0) is 37.1 Å². The number of nitrogens with one attached hydrogen (secondary N) is 1. The number of benzene rings is 1. The molecule has 0 bridgehead atoms. The number of nitrogens with zero attached hydrogens (tertiary/aromatic N) is 3. The van der Waals surface area contributed by atoms with Crippen molar-refractivity contribution < 1.29 is 26.4 Å². The molecule has 0 atom stereocenters. The van der Waals surface area contributed by atoms with Crippen LogP contribution >= 0.6 is 0 Å². The molecule has 0 radical (unpaired) electrons. The second kappa shape index (κ2) is 8.38. The van der Waals surface area contributed by atoms with Gasteiger partial charge in [0.2, 0.25) is 10.0 Å². The van der Waals surface area contributed by atoms with E-state index in [1.54, 1.807) is 7.05 Å². The van der Waals surface area contributed by atoms with Gasteiger partial charge in [0.25, 0.3) is 5.91 Å². The second-order valence-corrected chi connectivity index (χ2v) is 9.35. The van der Waals surface area contributed by atoms with E-state index in [0.717, 1.165) is 43.0 Å². The van der Waals surface area contributed by atoms with E-state index in [9.17, 15) is 26.4 Å². The lowest BCUT2D eigenvalue weighted by atomic mass is 9.96. The molecule has 1 aliphatic carbocycles. The zero-order valence-electron chi connectivity index (χ0n) is 16.6. The standard InChI is InChI=1S/C19H23F3N4O3S/c1-25-12-16(17(24-25)19(20,21)22)23-18(27)13-8-10-15(11-9-13)30(28,29)26(2)14-6-4-3-5-7-14/h8-12,14H,3-7H2,1-2H3,(H,23,27). The first kappa shape index (κ1) is 22.3. The highest BCUT2D eigenvalue weighted by Gasteiger charge is 2.37. The summed E-state index contributed by atoms with van der Waals surface area (Å²) in [4.78, 5) is 12.4. The largest absolute Gasteiger partial charge is 0.437 e. The number of anilines is 1. The fourth-order valence-corrected chi connectivity index (χ4v) is 4.99. The lowest BCUT2D eigenvalue weighted by Gasteiger charge is -2.30. The maximum Gasteiger partial charge on any atom is 0.437 e. The number of alkyl halides is 3. The van der Waals surface area contributed by atoms with Crippen LogP contribution in [0.25, 0.3) is 0 Å². The molecule has 1 aromatic heterocycles. The molecule has 1 saturated carbocycles. The van der Waals surface area contributed by atoms with E-state index in [1.165, 1.54) is 35.6 Å². The molecule has 1 heterocycles. The van der Waals surface area contributed by atoms with Gasteiger partial charge in [-0.3, -0.25) is 9.48 Å². The molecule has 1 N–H and O–H groups in total. The van der Waals surface area contributed by atoms with E-state index in [2.05, 4.69) is 10.4 Å². The Morgan fingerprint density at radius 1 is 1.17 bits per heavy atom. The summed E-state index contributed by atoms with van der Waals surface area (Å²) in [6.07, 6.45) is 1.02. The molecule has 1 aromatic carbocycles. The minimum Gasteiger partial charge on any atom is -0.319 e. The lowest BCUT2D eigenvalue weighted by molar-refractivity contribution is -0.140. The molecule has 1 aliphatic rings. The monoisotopic (exact) mass is 444 g/mol. The van der Waals surface area contributed by atoms with Crippen molar-refractivity contribution in [1.29, 1.82) is 0 Å². The molecule has 0 aliphatic heterocycles. The molecule has 0 saturated heterocycles. The highest BCUT2D eigenvalue weighted by Crippen LogP contribution is 2.33. The van der Waals surface area contributed by atoms with Gasteiger partial charge in [0, 0.05) is 31.9 Å². The highest BCUT2D eigenvalue weighted by atomic mass is 32.2. The van der Waals surface area contributed by atoms with Gasteiger partial charge in [-0.15, -0.1) is 0 Å². The Morgan fingerprint density at radius 3 is 2.33 bits per heavy atom. The van der Waals surface area contributed by atoms with Gasteiger partial charge < -0.3 is 5.32 Å². The Hall–Kier alpha value is -2.40. The van der Waals surface area contributed by atoms with Crippen LogP contribution in [-0.4, -0.2) is 41.5 Å². The summed E-state index contributed by atoms with van der Waals surface area (Å²) in [5.74, 6) is -0.793. The van der Waals surface area contributed by atoms with Gasteiger partial charge in [-0.1, -0.05) is 19.3 Å². The number of carbonyl (C=O) groups is 1. The average Bonchev–Trinajstić information content (AvgIpc) is 3.08. The van der Waals surface area contributed by atoms with Crippen molar-refractivity contribution in [3.05, 3.63) is 41.7 Å². The highest BCUT2D eigenvalue weighted by molar-refractivity contribution is 7.89. The number of aromatic nitrogens is 2. The number of halogens is 3. The smallest absolute Gasteiger partial charge is 0.319 e. The van der Waals surface area contributed by atoms with E-state index in [-0.39, 0.29) is 16.5 Å². The predicted molar refractivity (Wildman–Crippen MR) is 104 cm³/mol. The number of rotatable bonds is 5. The molecular formula is C19H23F3N4O3S. The number of amides is 1. The van der Waals surface area contributed by atoms with Crippen molar-refractivity contribution in [3.8, 4) is 0 Å². The van der Waals surface area contributed by atoms with E-state index < -0.39 is 33.5 Å². The van der Waals surface area contributed by atoms with Crippen molar-refractivity contribution in [2.45, 2.75) is 49.2 Å². The molecule has 30 heavy (non-hydrogen) atoms. The Morgan fingerprint density at radius 2 is 1.77 bits per heavy atom. The summed E-state index contributed by atoms with van der Waals surface area (Å²) >= 11 is 0. The fraction of sp³-hybridized carbons (Fsp3) is 0.474. The summed E-state index contributed by atoms with van der Waals surface area (Å²) in [6, 6.07) is 5.08. The number of hydrogen-bond acceptors (Lipinski definition) is 4. The van der Waals surface area contributed by atoms with Crippen LogP contribution in [0.5, 0.6) is 0 Å². The van der Waals surface area contributed by atoms with Crippen LogP contribution in [0.3, 0.4) is 0 Å². The van der Waals surface area contributed by atoms with Gasteiger partial charge >= 0.3 is 6.18 Å². The predicted octanol–water partition coefficient (Wildman–Crippen LogP) is 3.64. The molecule has 1 amide bonds. The molecule has 1 fully saturated rings. The Labute approximate surface area is 172 Å². The molecule has 7 nitrogen and oxygen atoms in total. The third-order valence-electron chi connectivity index (χ3n) is 5.23. The molecule has 0 spiro atoms. The van der Waals surface area contributed by atoms with Crippen molar-refractivity contribution in [1.82, 2.24) is 14.1 Å². The molecule has 11 heteroatoms. The number of carbonyl (C=O) groups excluding carboxylic acids is 1. The Balaban J connectivity index is 1.76. The zero-order chi connectivity index (χ0) is 22.1. The summed E-state index contributed by atoms with van der Waals surface area (Å²) in [5.41, 5.74) is -1.64. The molecule has 0 unspecified atom stereocenters. The first-order chi connectivity index (χ1) is 14.0. The van der Waals surface area contributed by atoms with Crippen LogP contribution < -0.4 is 5.32 Å². The Kier molecular flexibility index (Phi) is 6.23. The SMILES string of the molecule is CN(C1CCCCC1)S(=O)(=O)c1ccc(C(=O)Nc2cn(C)nc2C(F)(F)F)cc1. The molecule has 164 valence electrons. The van der Waals surface area contributed by atoms with Gasteiger partial charge in [0.1, 0.15) is 0 Å². The van der Waals surface area contributed by atoms with Crippen molar-refractivity contribution >= 4 is 21.6 Å². The Bertz CT molecular complexity index is 1010. The minimum absolute atomic E-state index is 0.0319. The van der Waals surface area contributed by atoms with Gasteiger partial charge in [0.05, 0.1) is 10.6 Å². The summed E-state index contributed by atoms with van der Waals surface area (Å²) in [6.45, 7) is 0. The van der Waals surface area contributed by atoms with Crippen LogP contribution in [-0.2, 0) is 23.2 Å². The van der Waals surface area contributed by atoms with Gasteiger partial charge in [0.15, 0.2) is 5.69 Å². The lowest BCUT2D eigenvalue weighted by Crippen LogP contribution is -2.38. The molecular weight excluding hydrogens is 421 g/mol. The third-order valence-corrected chi connectivity index (χ3v) is 7.15. The van der Waals surface area contributed by atoms with Crippen molar-refractivity contribution in [2.75, 3.05) is 12.4 Å². The first-order valence-corrected chi connectivity index (χ1v) is 10.9. The number of aryl methyl sites for hydroxylation is 1. The van der Waals surface area contributed by atoms with E-state index >= 15 is 0 Å². The fourth-order valence-electron chi connectivity index (χ4n) is 3.57. The van der Waals surface area contributed by atoms with Crippen molar-refractivity contribution in [2.24, 2.45) is 7.05 Å². The average molecular weight is 444 g/mol. The van der Waals surface area contributed by atoms with Crippen LogP contribution in [0, 0.1) is 0 Å². The van der Waals surface area contributed by atoms with Gasteiger partial charge in [-0.25, -0.2) is 8.42 Å². The normalized spacial score (nSPS) is 16.1. The summed E-state index contributed by atoms with van der Waals surface area (Å²) in [5, 5.41) is 5.52. The summed E-state index contributed by atoms with van der Waals surface area (Å²) < 4.78 is 67.1. The minimum atomic E-state index is -4.72. The number of hydrogen-bond donors (Lipinski definition) is 1. The summed E-state index contributed by atoms with van der Waals surface area (Å²) in [7, 11) is -0.862. The number of sulfonamides is 1. The quantitative estimate of drug-likeness (QED) is 0.763. The first-order valence-electron chi connectivity index (χ1n) is 9.50. The third kappa shape index (κ3) is 4.67. The van der Waals surface area contributed by atoms with Crippen LogP contribution in [0.2, 0.25) is 0 Å². The molecule has 3 rings (SSSR count). The van der Waals surface area contributed by atoms with Crippen molar-refractivity contribution in [3.63, 3.8) is 0 Å². The maximum atomic E-state index is 13.0. The van der Waals surface area contributed by atoms with E-state index in [1.807, 2.05) is 0 Å². The van der Waals surface area contributed by atoms with E-state index in [4.69, 9.17) is 0 Å². The topological polar surface area (TPSA) is 84.3 Å². The van der Waals surface area contributed by atoms with Crippen LogP contribution in [0.15, 0.2) is 35.4 Å². The van der Waals surface area contributed by atoms with E-state index in [0.29, 0.717) is 0 Å². The van der Waals surface area contributed by atoms with Gasteiger partial charge in [-0.2, -0.15) is 22.6 Å². The maximum absolute atomic E-state index is 13.0. The van der Waals surface area contributed by atoms with Crippen LogP contribution in [0.4, 0.5) is 18.9 Å². The second-order valence-electron chi connectivity index (χ2n) is 7.35. The molecule has 2 aromatic rings.